The summed E-state index contributed by atoms with van der Waals surface area (Å²) >= 11 is 7.82. The Balaban J connectivity index is 1.97. The van der Waals surface area contributed by atoms with E-state index in [-0.39, 0.29) is 5.41 Å². The molecule has 2 bridgehead atoms. The smallest absolute Gasteiger partial charge is 0.113 e. The minimum absolute atomic E-state index is 0.351. The summed E-state index contributed by atoms with van der Waals surface area (Å²) in [5.74, 6) is 0. The van der Waals surface area contributed by atoms with Crippen LogP contribution in [0.3, 0.4) is 0 Å². The molecule has 84 valence electrons. The van der Waals surface area contributed by atoms with Crippen molar-refractivity contribution in [1.82, 2.24) is 9.40 Å². The Kier molecular flexibility index (Phi) is 2.43. The lowest BCUT2D eigenvalue weighted by atomic mass is 9.77. The van der Waals surface area contributed by atoms with Gasteiger partial charge in [0.2, 0.25) is 0 Å². The summed E-state index contributed by atoms with van der Waals surface area (Å²) < 4.78 is 1.93. The van der Waals surface area contributed by atoms with Crippen LogP contribution in [0.4, 0.5) is 0 Å². The van der Waals surface area contributed by atoms with Crippen LogP contribution in [0.25, 0.3) is 0 Å². The van der Waals surface area contributed by atoms with Crippen molar-refractivity contribution >= 4 is 23.1 Å². The van der Waals surface area contributed by atoms with Crippen molar-refractivity contribution in [3.05, 3.63) is 16.6 Å². The van der Waals surface area contributed by atoms with Gasteiger partial charge in [-0.2, -0.15) is 5.26 Å². The van der Waals surface area contributed by atoms with Gasteiger partial charge in [0.05, 0.1) is 6.07 Å². The average molecular weight is 254 g/mol. The molecule has 2 aliphatic rings. The first kappa shape index (κ1) is 10.5. The third-order valence-electron chi connectivity index (χ3n) is 3.75. The van der Waals surface area contributed by atoms with Gasteiger partial charge in [-0.1, -0.05) is 0 Å². The Hall–Kier alpha value is -0.630. The van der Waals surface area contributed by atoms with E-state index in [1.807, 2.05) is 9.80 Å². The van der Waals surface area contributed by atoms with Gasteiger partial charge in [0.25, 0.3) is 0 Å². The number of nitrogens with zero attached hydrogens (tertiary/aromatic N) is 3. The van der Waals surface area contributed by atoms with E-state index in [0.717, 1.165) is 30.7 Å². The first-order valence-electron chi connectivity index (χ1n) is 5.50. The summed E-state index contributed by atoms with van der Waals surface area (Å²) in [5.41, 5.74) is -0.384. The number of thiazole rings is 1. The fourth-order valence-corrected chi connectivity index (χ4v) is 4.11. The predicted octanol–water partition coefficient (Wildman–Crippen LogP) is 2.69. The molecule has 0 saturated carbocycles. The standard InChI is InChI=1S/C11H12ClN3S/c12-15-8-1-2-9(15)6-11(5-8,7-13)10-14-3-4-16-10/h3-4,8-9H,1-2,5-6H2. The van der Waals surface area contributed by atoms with Crippen molar-refractivity contribution in [2.45, 2.75) is 43.2 Å². The van der Waals surface area contributed by atoms with Gasteiger partial charge in [-0.3, -0.25) is 0 Å². The van der Waals surface area contributed by atoms with Crippen molar-refractivity contribution in [2.75, 3.05) is 0 Å². The van der Waals surface area contributed by atoms with Crippen LogP contribution in [0.5, 0.6) is 0 Å². The number of fused-ring (bicyclic) bond motifs is 2. The van der Waals surface area contributed by atoms with Crippen molar-refractivity contribution < 1.29 is 0 Å². The zero-order chi connectivity index (χ0) is 11.2. The van der Waals surface area contributed by atoms with Crippen LogP contribution in [0.2, 0.25) is 0 Å². The van der Waals surface area contributed by atoms with Gasteiger partial charge in [0.1, 0.15) is 10.4 Å². The van der Waals surface area contributed by atoms with Crippen LogP contribution in [-0.2, 0) is 5.41 Å². The van der Waals surface area contributed by atoms with Gasteiger partial charge in [0.15, 0.2) is 0 Å². The molecule has 2 saturated heterocycles. The van der Waals surface area contributed by atoms with Gasteiger partial charge in [-0.15, -0.1) is 11.3 Å². The fourth-order valence-electron chi connectivity index (χ4n) is 2.97. The Morgan fingerprint density at radius 3 is 2.69 bits per heavy atom. The lowest BCUT2D eigenvalue weighted by molar-refractivity contribution is 0.199. The molecule has 2 aliphatic heterocycles. The molecule has 0 spiro atoms. The molecule has 0 aromatic carbocycles. The van der Waals surface area contributed by atoms with Crippen LogP contribution in [-0.4, -0.2) is 21.5 Å². The number of aromatic nitrogens is 1. The van der Waals surface area contributed by atoms with Crippen molar-refractivity contribution in [3.8, 4) is 6.07 Å². The van der Waals surface area contributed by atoms with Gasteiger partial charge >= 0.3 is 0 Å². The SMILES string of the molecule is N#CC1(c2nccs2)CC2CCC(C1)N2Cl. The summed E-state index contributed by atoms with van der Waals surface area (Å²) in [5, 5.41) is 12.4. The molecule has 2 fully saturated rings. The summed E-state index contributed by atoms with van der Waals surface area (Å²) in [6.07, 6.45) is 5.67. The van der Waals surface area contributed by atoms with E-state index in [0.29, 0.717) is 12.1 Å². The molecule has 1 aromatic heterocycles. The molecular formula is C11H12ClN3S. The molecule has 0 aliphatic carbocycles. The quantitative estimate of drug-likeness (QED) is 0.723. The number of halogens is 1. The predicted molar refractivity (Wildman–Crippen MR) is 63.1 cm³/mol. The molecule has 0 radical (unpaired) electrons. The van der Waals surface area contributed by atoms with Crippen LogP contribution in [0.15, 0.2) is 11.6 Å². The van der Waals surface area contributed by atoms with Gasteiger partial charge in [-0.25, -0.2) is 9.40 Å². The van der Waals surface area contributed by atoms with Crippen molar-refractivity contribution in [1.29, 1.82) is 5.26 Å². The molecule has 0 N–H and O–H groups in total. The van der Waals surface area contributed by atoms with E-state index < -0.39 is 0 Å². The number of rotatable bonds is 1. The molecule has 1 aromatic rings. The Morgan fingerprint density at radius 1 is 1.50 bits per heavy atom. The number of nitriles is 1. The normalized spacial score (nSPS) is 38.5. The fraction of sp³-hybridized carbons (Fsp3) is 0.636. The molecule has 3 nitrogen and oxygen atoms in total. The maximum absolute atomic E-state index is 9.52. The highest BCUT2D eigenvalue weighted by molar-refractivity contribution is 7.09. The average Bonchev–Trinajstić information content (AvgIpc) is 2.88. The second-order valence-electron chi connectivity index (χ2n) is 4.67. The second-order valence-corrected chi connectivity index (χ2v) is 5.95. The van der Waals surface area contributed by atoms with Crippen LogP contribution >= 0.6 is 23.1 Å². The van der Waals surface area contributed by atoms with E-state index >= 15 is 0 Å². The van der Waals surface area contributed by atoms with Crippen LogP contribution in [0, 0.1) is 11.3 Å². The summed E-state index contributed by atoms with van der Waals surface area (Å²) in [6.45, 7) is 0. The highest BCUT2D eigenvalue weighted by Gasteiger charge is 2.50. The van der Waals surface area contributed by atoms with E-state index in [9.17, 15) is 5.26 Å². The van der Waals surface area contributed by atoms with E-state index in [2.05, 4.69) is 11.1 Å². The van der Waals surface area contributed by atoms with Gasteiger partial charge in [0, 0.05) is 23.7 Å². The third kappa shape index (κ3) is 1.39. The van der Waals surface area contributed by atoms with E-state index in [1.165, 1.54) is 0 Å². The Morgan fingerprint density at radius 2 is 2.19 bits per heavy atom. The highest BCUT2D eigenvalue weighted by Crippen LogP contribution is 2.48. The van der Waals surface area contributed by atoms with E-state index in [4.69, 9.17) is 11.8 Å². The summed E-state index contributed by atoms with van der Waals surface area (Å²) in [6, 6.07) is 3.21. The molecule has 3 rings (SSSR count). The molecule has 5 heteroatoms. The molecule has 2 atom stereocenters. The van der Waals surface area contributed by atoms with E-state index in [1.54, 1.807) is 17.5 Å². The lowest BCUT2D eigenvalue weighted by Gasteiger charge is -2.38. The number of hydrogen-bond acceptors (Lipinski definition) is 4. The molecule has 2 unspecified atom stereocenters. The van der Waals surface area contributed by atoms with Crippen LogP contribution < -0.4 is 0 Å². The van der Waals surface area contributed by atoms with Gasteiger partial charge in [-0.05, 0) is 37.5 Å². The Labute approximate surface area is 104 Å². The number of hydrogen-bond donors (Lipinski definition) is 0. The highest BCUT2D eigenvalue weighted by atomic mass is 35.5. The molecule has 16 heavy (non-hydrogen) atoms. The zero-order valence-corrected chi connectivity index (χ0v) is 10.3. The monoisotopic (exact) mass is 253 g/mol. The second kappa shape index (κ2) is 3.69. The minimum Gasteiger partial charge on any atom is -0.248 e. The summed E-state index contributed by atoms with van der Waals surface area (Å²) in [7, 11) is 0. The molecular weight excluding hydrogens is 242 g/mol. The largest absolute Gasteiger partial charge is 0.248 e. The maximum Gasteiger partial charge on any atom is 0.113 e. The first-order chi connectivity index (χ1) is 7.75. The minimum atomic E-state index is -0.384. The topological polar surface area (TPSA) is 39.9 Å². The Bertz CT molecular complexity index is 411. The van der Waals surface area contributed by atoms with Gasteiger partial charge < -0.3 is 0 Å². The first-order valence-corrected chi connectivity index (χ1v) is 6.72. The number of piperidine rings is 1. The maximum atomic E-state index is 9.52. The molecule has 3 heterocycles. The van der Waals surface area contributed by atoms with Crippen molar-refractivity contribution in [2.24, 2.45) is 0 Å². The third-order valence-corrected chi connectivity index (χ3v) is 5.28. The lowest BCUT2D eigenvalue weighted by Crippen LogP contribution is -2.44. The molecule has 0 amide bonds. The van der Waals surface area contributed by atoms with Crippen LogP contribution in [0.1, 0.15) is 30.7 Å². The van der Waals surface area contributed by atoms with Crippen molar-refractivity contribution in [3.63, 3.8) is 0 Å². The summed E-state index contributed by atoms with van der Waals surface area (Å²) in [4.78, 5) is 4.34. The zero-order valence-electron chi connectivity index (χ0n) is 8.77.